The molecular formula is C29H31F3N2O5S. The van der Waals surface area contributed by atoms with Crippen LogP contribution in [0.5, 0.6) is 11.5 Å². The van der Waals surface area contributed by atoms with Crippen LogP contribution in [0, 0.1) is 0 Å². The predicted molar refractivity (Wildman–Crippen MR) is 145 cm³/mol. The van der Waals surface area contributed by atoms with Gasteiger partial charge in [0, 0.05) is 24.7 Å². The number of ether oxygens (including phenoxy) is 2. The minimum atomic E-state index is -4.94. The highest BCUT2D eigenvalue weighted by Gasteiger charge is 2.39. The summed E-state index contributed by atoms with van der Waals surface area (Å²) in [5.74, 6) is 0.833. The van der Waals surface area contributed by atoms with E-state index >= 15 is 0 Å². The van der Waals surface area contributed by atoms with Gasteiger partial charge in [-0.25, -0.2) is 17.9 Å². The van der Waals surface area contributed by atoms with Crippen molar-refractivity contribution in [3.05, 3.63) is 78.4 Å². The second-order valence-corrected chi connectivity index (χ2v) is 12.2. The average molecular weight is 577 g/mol. The Balaban J connectivity index is 1.56. The van der Waals surface area contributed by atoms with E-state index in [1.54, 1.807) is 69.3 Å². The van der Waals surface area contributed by atoms with Crippen molar-refractivity contribution in [2.45, 2.75) is 56.3 Å². The molecule has 0 saturated carbocycles. The van der Waals surface area contributed by atoms with Gasteiger partial charge < -0.3 is 14.4 Å². The summed E-state index contributed by atoms with van der Waals surface area (Å²) in [6.07, 6.45) is -4.97. The zero-order chi connectivity index (χ0) is 29.1. The van der Waals surface area contributed by atoms with E-state index in [0.29, 0.717) is 17.1 Å². The van der Waals surface area contributed by atoms with Crippen LogP contribution in [-0.2, 0) is 20.9 Å². The van der Waals surface area contributed by atoms with Gasteiger partial charge in [-0.1, -0.05) is 42.5 Å². The van der Waals surface area contributed by atoms with E-state index in [-0.39, 0.29) is 31.5 Å². The fourth-order valence-corrected chi connectivity index (χ4v) is 5.87. The number of carbonyl (C=O) groups excluding carboxylic acids is 1. The first kappa shape index (κ1) is 29.4. The second kappa shape index (κ2) is 11.5. The molecule has 214 valence electrons. The number of alkyl halides is 3. The van der Waals surface area contributed by atoms with Crippen molar-refractivity contribution in [2.75, 3.05) is 13.1 Å². The third-order valence-electron chi connectivity index (χ3n) is 6.21. The summed E-state index contributed by atoms with van der Waals surface area (Å²) >= 11 is 0. The van der Waals surface area contributed by atoms with Crippen LogP contribution in [0.4, 0.5) is 18.0 Å². The van der Waals surface area contributed by atoms with E-state index in [1.807, 2.05) is 6.07 Å². The van der Waals surface area contributed by atoms with Crippen LogP contribution in [-0.4, -0.2) is 44.1 Å². The summed E-state index contributed by atoms with van der Waals surface area (Å²) < 4.78 is 82.6. The molecule has 0 aromatic heterocycles. The molecule has 40 heavy (non-hydrogen) atoms. The number of benzene rings is 3. The molecule has 7 nitrogen and oxygen atoms in total. The first-order valence-corrected chi connectivity index (χ1v) is 14.2. The lowest BCUT2D eigenvalue weighted by molar-refractivity contribution is -0.139. The molecule has 1 amide bonds. The molecule has 0 atom stereocenters. The fourth-order valence-electron chi connectivity index (χ4n) is 4.35. The number of hydrogen-bond donors (Lipinski definition) is 1. The molecule has 4 rings (SSSR count). The lowest BCUT2D eigenvalue weighted by atomic mass is 10.0. The molecule has 3 aromatic rings. The Labute approximate surface area is 232 Å². The van der Waals surface area contributed by atoms with Gasteiger partial charge in [0.05, 0.1) is 10.5 Å². The van der Waals surface area contributed by atoms with Gasteiger partial charge in [-0.15, -0.1) is 0 Å². The van der Waals surface area contributed by atoms with Crippen LogP contribution < -0.4 is 9.46 Å². The summed E-state index contributed by atoms with van der Waals surface area (Å²) in [6.45, 7) is 5.65. The lowest BCUT2D eigenvalue weighted by Gasteiger charge is -2.33. The number of amides is 1. The summed E-state index contributed by atoms with van der Waals surface area (Å²) in [5.41, 5.74) is -1.42. The number of para-hydroxylation sites is 2. The van der Waals surface area contributed by atoms with E-state index in [1.165, 1.54) is 11.0 Å². The van der Waals surface area contributed by atoms with E-state index < -0.39 is 44.4 Å². The highest BCUT2D eigenvalue weighted by molar-refractivity contribution is 7.89. The zero-order valence-corrected chi connectivity index (χ0v) is 23.2. The first-order chi connectivity index (χ1) is 18.7. The van der Waals surface area contributed by atoms with Gasteiger partial charge in [-0.2, -0.15) is 13.2 Å². The standard InChI is InChI=1S/C29H31F3N2O5S/c1-28(2,3)39-27(35)34-17-15-21(16-18-34)33-40(36,37)26-14-13-20(19-24(26)29(30,31)32)23-11-7-8-12-25(23)38-22-9-5-4-6-10-22/h4-14,19,21,33H,15-18H2,1-3H3. The third-order valence-corrected chi connectivity index (χ3v) is 7.79. The molecule has 1 heterocycles. The van der Waals surface area contributed by atoms with E-state index in [4.69, 9.17) is 9.47 Å². The molecule has 11 heteroatoms. The minimum absolute atomic E-state index is 0.156. The van der Waals surface area contributed by atoms with Gasteiger partial charge in [0.15, 0.2) is 0 Å². The molecule has 0 radical (unpaired) electrons. The minimum Gasteiger partial charge on any atom is -0.457 e. The second-order valence-electron chi connectivity index (χ2n) is 10.5. The molecule has 1 fully saturated rings. The number of sulfonamides is 1. The van der Waals surface area contributed by atoms with Crippen molar-refractivity contribution in [1.82, 2.24) is 9.62 Å². The van der Waals surface area contributed by atoms with Gasteiger partial charge >= 0.3 is 12.3 Å². The maximum absolute atomic E-state index is 14.2. The summed E-state index contributed by atoms with van der Waals surface area (Å²) in [6, 6.07) is 17.9. The molecule has 0 unspecified atom stereocenters. The number of rotatable bonds is 6. The van der Waals surface area contributed by atoms with Crippen LogP contribution >= 0.6 is 0 Å². The van der Waals surface area contributed by atoms with Gasteiger partial charge in [0.2, 0.25) is 10.0 Å². The molecular weight excluding hydrogens is 545 g/mol. The van der Waals surface area contributed by atoms with Crippen molar-refractivity contribution in [3.63, 3.8) is 0 Å². The Bertz CT molecular complexity index is 1450. The predicted octanol–water partition coefficient (Wildman–Crippen LogP) is 6.84. The van der Waals surface area contributed by atoms with Crippen LogP contribution in [0.1, 0.15) is 39.2 Å². The number of nitrogens with one attached hydrogen (secondary N) is 1. The van der Waals surface area contributed by atoms with Gasteiger partial charge in [-0.05, 0) is 69.5 Å². The SMILES string of the molecule is CC(C)(C)OC(=O)N1CCC(NS(=O)(=O)c2ccc(-c3ccccc3Oc3ccccc3)cc2C(F)(F)F)CC1. The number of likely N-dealkylation sites (tertiary alicyclic amines) is 1. The summed E-state index contributed by atoms with van der Waals surface area (Å²) in [4.78, 5) is 12.9. The fraction of sp³-hybridized carbons (Fsp3) is 0.345. The Morgan fingerprint density at radius 1 is 0.925 bits per heavy atom. The quantitative estimate of drug-likeness (QED) is 0.347. The number of carbonyl (C=O) groups is 1. The van der Waals surface area contributed by atoms with Crippen LogP contribution in [0.3, 0.4) is 0 Å². The number of halogens is 3. The third kappa shape index (κ3) is 7.33. The Hall–Kier alpha value is -3.57. The Morgan fingerprint density at radius 3 is 2.17 bits per heavy atom. The van der Waals surface area contributed by atoms with Crippen molar-refractivity contribution in [1.29, 1.82) is 0 Å². The molecule has 0 spiro atoms. The molecule has 0 bridgehead atoms. The van der Waals surface area contributed by atoms with E-state index in [0.717, 1.165) is 12.1 Å². The number of hydrogen-bond acceptors (Lipinski definition) is 5. The number of nitrogens with zero attached hydrogens (tertiary/aromatic N) is 1. The highest BCUT2D eigenvalue weighted by atomic mass is 32.2. The average Bonchev–Trinajstić information content (AvgIpc) is 2.88. The maximum atomic E-state index is 14.2. The van der Waals surface area contributed by atoms with Gasteiger partial charge in [-0.3, -0.25) is 0 Å². The van der Waals surface area contributed by atoms with Gasteiger partial charge in [0.1, 0.15) is 17.1 Å². The monoisotopic (exact) mass is 576 g/mol. The highest BCUT2D eigenvalue weighted by Crippen LogP contribution is 2.40. The Kier molecular flexibility index (Phi) is 8.46. The van der Waals surface area contributed by atoms with Crippen molar-refractivity contribution in [3.8, 4) is 22.6 Å². The Morgan fingerprint density at radius 2 is 1.55 bits per heavy atom. The van der Waals surface area contributed by atoms with Crippen LogP contribution in [0.25, 0.3) is 11.1 Å². The largest absolute Gasteiger partial charge is 0.457 e. The summed E-state index contributed by atoms with van der Waals surface area (Å²) in [5, 5.41) is 0. The van der Waals surface area contributed by atoms with E-state index in [9.17, 15) is 26.4 Å². The topological polar surface area (TPSA) is 84.9 Å². The van der Waals surface area contributed by atoms with Crippen molar-refractivity contribution < 1.29 is 35.9 Å². The van der Waals surface area contributed by atoms with E-state index in [2.05, 4.69) is 4.72 Å². The molecule has 1 saturated heterocycles. The maximum Gasteiger partial charge on any atom is 0.417 e. The summed E-state index contributed by atoms with van der Waals surface area (Å²) in [7, 11) is -4.53. The molecule has 0 aliphatic carbocycles. The van der Waals surface area contributed by atoms with Gasteiger partial charge in [0.25, 0.3) is 0 Å². The van der Waals surface area contributed by atoms with Crippen molar-refractivity contribution in [2.24, 2.45) is 0 Å². The lowest BCUT2D eigenvalue weighted by Crippen LogP contribution is -2.47. The normalized spacial score (nSPS) is 15.1. The molecule has 1 aliphatic rings. The smallest absolute Gasteiger partial charge is 0.417 e. The van der Waals surface area contributed by atoms with Crippen LogP contribution in [0.15, 0.2) is 77.7 Å². The van der Waals surface area contributed by atoms with Crippen LogP contribution in [0.2, 0.25) is 0 Å². The van der Waals surface area contributed by atoms with Crippen molar-refractivity contribution >= 4 is 16.1 Å². The molecule has 3 aromatic carbocycles. The molecule has 1 N–H and O–H groups in total. The number of piperidine rings is 1. The zero-order valence-electron chi connectivity index (χ0n) is 22.4. The first-order valence-electron chi connectivity index (χ1n) is 12.8. The molecule has 1 aliphatic heterocycles.